The number of benzene rings is 3. The standard InChI is InChI=1S/C27H28ClN5O4/c28-20-3-7-22(8-4-20)31-26(34)30-21-5-1-19(2-6-21)18-29-27-32-24-17-23(9-10-25(24)37-27)36-16-13-33-11-14-35-15-12-33/h1-10,17H,11-16,18H2,(H,29,32)(H2,30,31,34). The third-order valence-corrected chi connectivity index (χ3v) is 6.15. The first-order valence-corrected chi connectivity index (χ1v) is 12.5. The van der Waals surface area contributed by atoms with Crippen LogP contribution in [0.25, 0.3) is 11.1 Å². The van der Waals surface area contributed by atoms with Crippen LogP contribution >= 0.6 is 11.6 Å². The van der Waals surface area contributed by atoms with Gasteiger partial charge in [-0.05, 0) is 54.1 Å². The van der Waals surface area contributed by atoms with Gasteiger partial charge in [-0.15, -0.1) is 0 Å². The second-order valence-corrected chi connectivity index (χ2v) is 9.02. The summed E-state index contributed by atoms with van der Waals surface area (Å²) in [5.74, 6) is 0.767. The first-order chi connectivity index (χ1) is 18.1. The highest BCUT2D eigenvalue weighted by atomic mass is 35.5. The summed E-state index contributed by atoms with van der Waals surface area (Å²) in [6.07, 6.45) is 0. The fourth-order valence-electron chi connectivity index (χ4n) is 3.90. The van der Waals surface area contributed by atoms with Crippen molar-refractivity contribution in [1.82, 2.24) is 9.88 Å². The van der Waals surface area contributed by atoms with Crippen LogP contribution < -0.4 is 20.7 Å². The van der Waals surface area contributed by atoms with Crippen LogP contribution in [0.4, 0.5) is 22.2 Å². The fraction of sp³-hybridized carbons (Fsp3) is 0.259. The molecule has 0 spiro atoms. The van der Waals surface area contributed by atoms with E-state index in [0.717, 1.165) is 49.7 Å². The third-order valence-electron chi connectivity index (χ3n) is 5.90. The SMILES string of the molecule is O=C(Nc1ccc(Cl)cc1)Nc1ccc(CNc2nc3cc(OCCN4CCOCC4)ccc3o2)cc1. The predicted octanol–water partition coefficient (Wildman–Crippen LogP) is 5.45. The maximum Gasteiger partial charge on any atom is 0.323 e. The van der Waals surface area contributed by atoms with E-state index in [4.69, 9.17) is 25.5 Å². The van der Waals surface area contributed by atoms with Gasteiger partial charge in [0.05, 0.1) is 13.2 Å². The molecule has 2 heterocycles. The lowest BCUT2D eigenvalue weighted by Crippen LogP contribution is -2.38. The normalized spacial score (nSPS) is 13.9. The molecule has 0 saturated carbocycles. The minimum Gasteiger partial charge on any atom is -0.492 e. The second-order valence-electron chi connectivity index (χ2n) is 8.59. The lowest BCUT2D eigenvalue weighted by atomic mass is 10.2. The maximum atomic E-state index is 12.2. The van der Waals surface area contributed by atoms with Gasteiger partial charge in [0.15, 0.2) is 5.58 Å². The molecule has 2 amide bonds. The van der Waals surface area contributed by atoms with Gasteiger partial charge in [-0.2, -0.15) is 4.98 Å². The van der Waals surface area contributed by atoms with E-state index in [1.807, 2.05) is 42.5 Å². The van der Waals surface area contributed by atoms with Crippen LogP contribution in [0, 0.1) is 0 Å². The molecule has 0 bridgehead atoms. The van der Waals surface area contributed by atoms with E-state index in [1.54, 1.807) is 24.3 Å². The molecule has 1 aromatic heterocycles. The van der Waals surface area contributed by atoms with Crippen LogP contribution in [0.5, 0.6) is 5.75 Å². The fourth-order valence-corrected chi connectivity index (χ4v) is 4.03. The van der Waals surface area contributed by atoms with Crippen molar-refractivity contribution in [3.05, 3.63) is 77.3 Å². The maximum absolute atomic E-state index is 12.2. The zero-order valence-electron chi connectivity index (χ0n) is 20.2. The summed E-state index contributed by atoms with van der Waals surface area (Å²) in [6, 6.07) is 20.2. The number of hydrogen-bond acceptors (Lipinski definition) is 7. The molecule has 1 aliphatic rings. The number of aromatic nitrogens is 1. The average molecular weight is 522 g/mol. The van der Waals surface area contributed by atoms with Gasteiger partial charge in [0, 0.05) is 48.6 Å². The molecule has 37 heavy (non-hydrogen) atoms. The highest BCUT2D eigenvalue weighted by Crippen LogP contribution is 2.24. The number of amides is 2. The van der Waals surface area contributed by atoms with Crippen molar-refractivity contribution in [1.29, 1.82) is 0 Å². The Morgan fingerprint density at radius 3 is 2.41 bits per heavy atom. The van der Waals surface area contributed by atoms with E-state index in [0.29, 0.717) is 41.1 Å². The first-order valence-electron chi connectivity index (χ1n) is 12.1. The minimum absolute atomic E-state index is 0.330. The quantitative estimate of drug-likeness (QED) is 0.269. The Hall–Kier alpha value is -3.79. The molecule has 3 aromatic carbocycles. The largest absolute Gasteiger partial charge is 0.492 e. The summed E-state index contributed by atoms with van der Waals surface area (Å²) < 4.78 is 17.1. The zero-order valence-corrected chi connectivity index (χ0v) is 21.0. The molecule has 0 unspecified atom stereocenters. The zero-order chi connectivity index (χ0) is 25.5. The molecule has 0 aliphatic carbocycles. The molecule has 1 saturated heterocycles. The van der Waals surface area contributed by atoms with Crippen LogP contribution in [0.3, 0.4) is 0 Å². The summed E-state index contributed by atoms with van der Waals surface area (Å²) >= 11 is 5.87. The molecule has 1 fully saturated rings. The van der Waals surface area contributed by atoms with Crippen molar-refractivity contribution in [2.24, 2.45) is 0 Å². The first kappa shape index (κ1) is 24.9. The van der Waals surface area contributed by atoms with Gasteiger partial charge in [0.1, 0.15) is 17.9 Å². The van der Waals surface area contributed by atoms with Gasteiger partial charge in [-0.1, -0.05) is 23.7 Å². The Morgan fingerprint density at radius 1 is 0.973 bits per heavy atom. The number of rotatable bonds is 9. The van der Waals surface area contributed by atoms with E-state index >= 15 is 0 Å². The lowest BCUT2D eigenvalue weighted by molar-refractivity contribution is 0.0322. The topological polar surface area (TPSA) is 101 Å². The van der Waals surface area contributed by atoms with Crippen LogP contribution in [-0.2, 0) is 11.3 Å². The summed E-state index contributed by atoms with van der Waals surface area (Å²) in [6.45, 7) is 5.45. The molecular weight excluding hydrogens is 494 g/mol. The number of urea groups is 1. The summed E-state index contributed by atoms with van der Waals surface area (Å²) in [5.41, 5.74) is 3.77. The number of nitrogens with zero attached hydrogens (tertiary/aromatic N) is 2. The van der Waals surface area contributed by atoms with Crippen molar-refractivity contribution >= 4 is 46.1 Å². The van der Waals surface area contributed by atoms with Crippen molar-refractivity contribution in [3.8, 4) is 5.75 Å². The minimum atomic E-state index is -0.330. The molecule has 192 valence electrons. The number of nitrogens with one attached hydrogen (secondary N) is 3. The van der Waals surface area contributed by atoms with E-state index in [2.05, 4.69) is 25.8 Å². The molecular formula is C27H28ClN5O4. The number of carbonyl (C=O) groups excluding carboxylic acids is 1. The van der Waals surface area contributed by atoms with Gasteiger partial charge in [-0.25, -0.2) is 4.79 Å². The summed E-state index contributed by atoms with van der Waals surface area (Å²) in [5, 5.41) is 9.39. The molecule has 0 radical (unpaired) electrons. The monoisotopic (exact) mass is 521 g/mol. The van der Waals surface area contributed by atoms with Crippen molar-refractivity contribution in [3.63, 3.8) is 0 Å². The van der Waals surface area contributed by atoms with Gasteiger partial charge in [-0.3, -0.25) is 4.90 Å². The van der Waals surface area contributed by atoms with Crippen molar-refractivity contribution in [2.75, 3.05) is 55.4 Å². The highest BCUT2D eigenvalue weighted by Gasteiger charge is 2.11. The van der Waals surface area contributed by atoms with E-state index in [-0.39, 0.29) is 6.03 Å². The average Bonchev–Trinajstić information content (AvgIpc) is 3.32. The van der Waals surface area contributed by atoms with E-state index in [9.17, 15) is 4.79 Å². The van der Waals surface area contributed by atoms with Gasteiger partial charge >= 0.3 is 6.03 Å². The molecule has 5 rings (SSSR count). The molecule has 4 aromatic rings. The number of carbonyl (C=O) groups is 1. The Kier molecular flexibility index (Phi) is 8.05. The van der Waals surface area contributed by atoms with Gasteiger partial charge < -0.3 is 29.8 Å². The molecule has 9 nitrogen and oxygen atoms in total. The number of halogens is 1. The predicted molar refractivity (Wildman–Crippen MR) is 145 cm³/mol. The number of oxazole rings is 1. The summed E-state index contributed by atoms with van der Waals surface area (Å²) in [7, 11) is 0. The Labute approximate surface area is 219 Å². The summed E-state index contributed by atoms with van der Waals surface area (Å²) in [4.78, 5) is 19.1. The Bertz CT molecular complexity index is 1320. The Balaban J connectivity index is 1.09. The van der Waals surface area contributed by atoms with E-state index < -0.39 is 0 Å². The van der Waals surface area contributed by atoms with Crippen LogP contribution in [0.1, 0.15) is 5.56 Å². The molecule has 3 N–H and O–H groups in total. The van der Waals surface area contributed by atoms with Crippen LogP contribution in [0.15, 0.2) is 71.1 Å². The molecule has 0 atom stereocenters. The highest BCUT2D eigenvalue weighted by molar-refractivity contribution is 6.30. The van der Waals surface area contributed by atoms with Crippen LogP contribution in [0.2, 0.25) is 5.02 Å². The van der Waals surface area contributed by atoms with Crippen molar-refractivity contribution < 1.29 is 18.7 Å². The van der Waals surface area contributed by atoms with E-state index in [1.165, 1.54) is 0 Å². The number of morpholine rings is 1. The smallest absolute Gasteiger partial charge is 0.323 e. The number of fused-ring (bicyclic) bond motifs is 1. The Morgan fingerprint density at radius 2 is 1.68 bits per heavy atom. The number of anilines is 3. The third kappa shape index (κ3) is 7.13. The van der Waals surface area contributed by atoms with Gasteiger partial charge in [0.25, 0.3) is 6.01 Å². The number of ether oxygens (including phenoxy) is 2. The molecule has 1 aliphatic heterocycles. The van der Waals surface area contributed by atoms with Crippen molar-refractivity contribution in [2.45, 2.75) is 6.54 Å². The van der Waals surface area contributed by atoms with Gasteiger partial charge in [0.2, 0.25) is 0 Å². The number of hydrogen-bond donors (Lipinski definition) is 3. The lowest BCUT2D eigenvalue weighted by Gasteiger charge is -2.26. The molecule has 10 heteroatoms. The second kappa shape index (κ2) is 12.0. The van der Waals surface area contributed by atoms with Crippen LogP contribution in [-0.4, -0.2) is 55.4 Å².